The number of hydrogen-bond donors (Lipinski definition) is 0. The van der Waals surface area contributed by atoms with Crippen LogP contribution in [0, 0.1) is 29.6 Å². The van der Waals surface area contributed by atoms with E-state index in [0.717, 1.165) is 30.6 Å². The Kier molecular flexibility index (Phi) is 2.95. The second-order valence-electron chi connectivity index (χ2n) is 7.06. The zero-order valence-corrected chi connectivity index (χ0v) is 11.9. The van der Waals surface area contributed by atoms with Gasteiger partial charge in [-0.3, -0.25) is 4.79 Å². The van der Waals surface area contributed by atoms with Crippen molar-refractivity contribution >= 4 is 5.97 Å². The lowest BCUT2D eigenvalue weighted by Crippen LogP contribution is -2.45. The van der Waals surface area contributed by atoms with Crippen molar-refractivity contribution in [3.63, 3.8) is 0 Å². The van der Waals surface area contributed by atoms with Crippen molar-refractivity contribution in [3.05, 3.63) is 0 Å². The average Bonchev–Trinajstić information content (AvgIpc) is 2.99. The second kappa shape index (κ2) is 4.25. The first-order valence-electron chi connectivity index (χ1n) is 7.80. The molecule has 0 aromatic rings. The van der Waals surface area contributed by atoms with Crippen LogP contribution in [-0.4, -0.2) is 11.6 Å². The molecule has 0 N–H and O–H groups in total. The summed E-state index contributed by atoms with van der Waals surface area (Å²) in [5.41, 5.74) is -0.0997. The van der Waals surface area contributed by atoms with E-state index in [9.17, 15) is 4.79 Å². The highest BCUT2D eigenvalue weighted by Gasteiger charge is 2.61. The number of rotatable bonds is 3. The summed E-state index contributed by atoms with van der Waals surface area (Å²) in [6.07, 6.45) is 7.70. The lowest BCUT2D eigenvalue weighted by atomic mass is 9.71. The summed E-state index contributed by atoms with van der Waals surface area (Å²) < 4.78 is 6.01. The predicted molar refractivity (Wildman–Crippen MR) is 71.0 cm³/mol. The molecule has 0 amide bonds. The molecule has 3 saturated carbocycles. The maximum absolute atomic E-state index is 12.0. The standard InChI is InChI=1S/C16H26O2/c1-4-16(18-15(17)10(2)3)9-11-8-14(16)13-7-5-6-12(11)13/h10-14H,4-9H2,1-3H3. The normalized spacial score (nSPS) is 45.6. The summed E-state index contributed by atoms with van der Waals surface area (Å²) >= 11 is 0. The zero-order chi connectivity index (χ0) is 12.9. The van der Waals surface area contributed by atoms with E-state index in [2.05, 4.69) is 6.92 Å². The van der Waals surface area contributed by atoms with E-state index in [-0.39, 0.29) is 17.5 Å². The highest BCUT2D eigenvalue weighted by molar-refractivity contribution is 5.72. The molecule has 0 saturated heterocycles. The topological polar surface area (TPSA) is 26.3 Å². The largest absolute Gasteiger partial charge is 0.459 e. The Bertz CT molecular complexity index is 349. The third kappa shape index (κ3) is 1.64. The lowest BCUT2D eigenvalue weighted by Gasteiger charge is -2.42. The van der Waals surface area contributed by atoms with Crippen LogP contribution in [0.3, 0.4) is 0 Å². The summed E-state index contributed by atoms with van der Waals surface area (Å²) in [5, 5.41) is 0. The van der Waals surface area contributed by atoms with E-state index in [4.69, 9.17) is 4.74 Å². The van der Waals surface area contributed by atoms with Crippen molar-refractivity contribution in [2.75, 3.05) is 0 Å². The van der Waals surface area contributed by atoms with Gasteiger partial charge in [0.15, 0.2) is 0 Å². The summed E-state index contributed by atoms with van der Waals surface area (Å²) in [4.78, 5) is 12.0. The Hall–Kier alpha value is -0.530. The molecular weight excluding hydrogens is 224 g/mol. The van der Waals surface area contributed by atoms with Gasteiger partial charge in [0.25, 0.3) is 0 Å². The van der Waals surface area contributed by atoms with Crippen molar-refractivity contribution in [1.29, 1.82) is 0 Å². The quantitative estimate of drug-likeness (QED) is 0.712. The SMILES string of the molecule is CCC1(OC(=O)C(C)C)CC2CC1C1CCCC21. The van der Waals surface area contributed by atoms with Gasteiger partial charge in [-0.15, -0.1) is 0 Å². The Balaban J connectivity index is 1.80. The highest BCUT2D eigenvalue weighted by atomic mass is 16.6. The van der Waals surface area contributed by atoms with Crippen molar-refractivity contribution in [1.82, 2.24) is 0 Å². The van der Waals surface area contributed by atoms with Crippen molar-refractivity contribution in [2.24, 2.45) is 29.6 Å². The highest BCUT2D eigenvalue weighted by Crippen LogP contribution is 2.64. The molecule has 2 nitrogen and oxygen atoms in total. The molecule has 0 spiro atoms. The number of carbonyl (C=O) groups excluding carboxylic acids is 1. The molecule has 2 heteroatoms. The fourth-order valence-electron chi connectivity index (χ4n) is 5.13. The molecule has 5 unspecified atom stereocenters. The Morgan fingerprint density at radius 3 is 2.72 bits per heavy atom. The van der Waals surface area contributed by atoms with E-state index >= 15 is 0 Å². The van der Waals surface area contributed by atoms with Crippen LogP contribution < -0.4 is 0 Å². The van der Waals surface area contributed by atoms with E-state index in [1.807, 2.05) is 13.8 Å². The molecular formula is C16H26O2. The van der Waals surface area contributed by atoms with Gasteiger partial charge in [0, 0.05) is 5.92 Å². The maximum Gasteiger partial charge on any atom is 0.308 e. The minimum Gasteiger partial charge on any atom is -0.459 e. The Morgan fingerprint density at radius 2 is 2.06 bits per heavy atom. The molecule has 2 bridgehead atoms. The molecule has 102 valence electrons. The maximum atomic E-state index is 12.0. The van der Waals surface area contributed by atoms with E-state index in [0.29, 0.717) is 5.92 Å². The van der Waals surface area contributed by atoms with Gasteiger partial charge in [0.05, 0.1) is 5.92 Å². The average molecular weight is 250 g/mol. The van der Waals surface area contributed by atoms with Crippen molar-refractivity contribution in [3.8, 4) is 0 Å². The minimum absolute atomic E-state index is 0.00641. The molecule has 5 atom stereocenters. The van der Waals surface area contributed by atoms with Crippen LogP contribution in [0.15, 0.2) is 0 Å². The summed E-state index contributed by atoms with van der Waals surface area (Å²) in [6, 6.07) is 0. The fourth-order valence-corrected chi connectivity index (χ4v) is 5.13. The van der Waals surface area contributed by atoms with Gasteiger partial charge < -0.3 is 4.74 Å². The third-order valence-corrected chi connectivity index (χ3v) is 5.96. The molecule has 0 aromatic heterocycles. The van der Waals surface area contributed by atoms with Crippen LogP contribution in [0.4, 0.5) is 0 Å². The molecule has 0 radical (unpaired) electrons. The second-order valence-corrected chi connectivity index (χ2v) is 7.06. The number of hydrogen-bond acceptors (Lipinski definition) is 2. The van der Waals surface area contributed by atoms with Crippen LogP contribution >= 0.6 is 0 Å². The molecule has 0 heterocycles. The van der Waals surface area contributed by atoms with Crippen LogP contribution in [0.5, 0.6) is 0 Å². The van der Waals surface area contributed by atoms with Crippen LogP contribution in [0.25, 0.3) is 0 Å². The number of ether oxygens (including phenoxy) is 1. The first-order valence-corrected chi connectivity index (χ1v) is 7.80. The molecule has 3 rings (SSSR count). The molecule has 3 fully saturated rings. The first kappa shape index (κ1) is 12.5. The Labute approximate surface area is 110 Å². The number of esters is 1. The van der Waals surface area contributed by atoms with Crippen molar-refractivity contribution in [2.45, 2.75) is 64.9 Å². The van der Waals surface area contributed by atoms with Crippen molar-refractivity contribution < 1.29 is 9.53 Å². The lowest BCUT2D eigenvalue weighted by molar-refractivity contribution is -0.174. The molecule has 0 aromatic carbocycles. The molecule has 3 aliphatic carbocycles. The van der Waals surface area contributed by atoms with E-state index in [1.165, 1.54) is 25.7 Å². The fraction of sp³-hybridized carbons (Fsp3) is 0.938. The van der Waals surface area contributed by atoms with Gasteiger partial charge in [-0.25, -0.2) is 0 Å². The van der Waals surface area contributed by atoms with Crippen LogP contribution in [-0.2, 0) is 9.53 Å². The molecule has 0 aliphatic heterocycles. The monoisotopic (exact) mass is 250 g/mol. The van der Waals surface area contributed by atoms with Crippen LogP contribution in [0.2, 0.25) is 0 Å². The summed E-state index contributed by atoms with van der Waals surface area (Å²) in [5.74, 6) is 3.37. The van der Waals surface area contributed by atoms with Gasteiger partial charge in [0.1, 0.15) is 5.60 Å². The Morgan fingerprint density at radius 1 is 1.33 bits per heavy atom. The van der Waals surface area contributed by atoms with E-state index in [1.54, 1.807) is 0 Å². The molecule has 18 heavy (non-hydrogen) atoms. The van der Waals surface area contributed by atoms with Crippen LogP contribution in [0.1, 0.15) is 59.3 Å². The first-order chi connectivity index (χ1) is 8.57. The van der Waals surface area contributed by atoms with E-state index < -0.39 is 0 Å². The minimum atomic E-state index is -0.0997. The van der Waals surface area contributed by atoms with Gasteiger partial charge in [-0.2, -0.15) is 0 Å². The molecule has 3 aliphatic rings. The van der Waals surface area contributed by atoms with Gasteiger partial charge in [-0.1, -0.05) is 27.2 Å². The van der Waals surface area contributed by atoms with Gasteiger partial charge in [0.2, 0.25) is 0 Å². The van der Waals surface area contributed by atoms with Gasteiger partial charge >= 0.3 is 5.97 Å². The van der Waals surface area contributed by atoms with Gasteiger partial charge in [-0.05, 0) is 49.9 Å². The number of carbonyl (C=O) groups is 1. The summed E-state index contributed by atoms with van der Waals surface area (Å²) in [7, 11) is 0. The number of fused-ring (bicyclic) bond motifs is 5. The third-order valence-electron chi connectivity index (χ3n) is 5.96. The summed E-state index contributed by atoms with van der Waals surface area (Å²) in [6.45, 7) is 6.09. The smallest absolute Gasteiger partial charge is 0.308 e. The predicted octanol–water partition coefficient (Wildman–Crippen LogP) is 3.79. The zero-order valence-electron chi connectivity index (χ0n) is 11.9.